The minimum Gasteiger partial charge on any atom is -0.495 e. The van der Waals surface area contributed by atoms with Crippen LogP contribution in [0.5, 0.6) is 5.75 Å². The summed E-state index contributed by atoms with van der Waals surface area (Å²) in [5.74, 6) is 2.09. The molecule has 20 heavy (non-hydrogen) atoms. The molecule has 1 heterocycles. The molecule has 0 atom stereocenters. The first-order valence-electron chi connectivity index (χ1n) is 6.64. The van der Waals surface area contributed by atoms with Crippen molar-refractivity contribution in [2.24, 2.45) is 5.92 Å². The van der Waals surface area contributed by atoms with E-state index in [0.29, 0.717) is 10.9 Å². The van der Waals surface area contributed by atoms with Crippen LogP contribution in [0.3, 0.4) is 0 Å². The molecule has 2 rings (SSSR count). The molecule has 0 aliphatic carbocycles. The first-order valence-corrected chi connectivity index (χ1v) is 7.01. The van der Waals surface area contributed by atoms with Crippen LogP contribution in [0, 0.1) is 12.8 Å². The molecule has 108 valence electrons. The molecule has 0 aliphatic rings. The molecule has 4 nitrogen and oxygen atoms in total. The first kappa shape index (κ1) is 14.7. The van der Waals surface area contributed by atoms with E-state index in [-0.39, 0.29) is 0 Å². The van der Waals surface area contributed by atoms with Gasteiger partial charge in [0.25, 0.3) is 0 Å². The summed E-state index contributed by atoms with van der Waals surface area (Å²) in [6.45, 7) is 7.25. The van der Waals surface area contributed by atoms with Gasteiger partial charge < -0.3 is 14.6 Å². The number of hydrogen-bond donors (Lipinski definition) is 1. The lowest BCUT2D eigenvalue weighted by Crippen LogP contribution is -2.08. The molecule has 0 saturated carbocycles. The summed E-state index contributed by atoms with van der Waals surface area (Å²) >= 11 is 6.05. The predicted octanol–water partition coefficient (Wildman–Crippen LogP) is 4.25. The molecule has 0 saturated heterocycles. The van der Waals surface area contributed by atoms with Gasteiger partial charge in [0.15, 0.2) is 0 Å². The summed E-state index contributed by atoms with van der Waals surface area (Å²) in [6.07, 6.45) is 2.04. The average Bonchev–Trinajstić information content (AvgIpc) is 2.69. The molecule has 0 fully saturated rings. The molecule has 0 bridgehead atoms. The molecule has 0 aliphatic heterocycles. The van der Waals surface area contributed by atoms with E-state index < -0.39 is 0 Å². The summed E-state index contributed by atoms with van der Waals surface area (Å²) < 4.78 is 7.45. The quantitative estimate of drug-likeness (QED) is 0.895. The second-order valence-corrected chi connectivity index (χ2v) is 5.66. The fraction of sp³-hybridized carbons (Fsp3) is 0.400. The highest BCUT2D eigenvalue weighted by atomic mass is 35.5. The molecular formula is C15H20ClN3O. The SMILES string of the molecule is COc1ccc(Cl)cc1Nc1nc(C)cn1CC(C)C. The number of aryl methyl sites for hydroxylation is 1. The third-order valence-electron chi connectivity index (χ3n) is 2.87. The van der Waals surface area contributed by atoms with Gasteiger partial charge in [-0.2, -0.15) is 0 Å². The zero-order valence-corrected chi connectivity index (χ0v) is 13.0. The van der Waals surface area contributed by atoms with Crippen LogP contribution in [0.25, 0.3) is 0 Å². The van der Waals surface area contributed by atoms with E-state index in [1.807, 2.05) is 25.3 Å². The fourth-order valence-corrected chi connectivity index (χ4v) is 2.25. The summed E-state index contributed by atoms with van der Waals surface area (Å²) in [4.78, 5) is 4.52. The molecule has 0 radical (unpaired) electrons. The van der Waals surface area contributed by atoms with Crippen LogP contribution in [0.15, 0.2) is 24.4 Å². The van der Waals surface area contributed by atoms with Crippen molar-refractivity contribution in [3.8, 4) is 5.75 Å². The van der Waals surface area contributed by atoms with Crippen LogP contribution >= 0.6 is 11.6 Å². The van der Waals surface area contributed by atoms with Gasteiger partial charge >= 0.3 is 0 Å². The molecule has 2 aromatic rings. The number of aromatic nitrogens is 2. The van der Waals surface area contributed by atoms with Crippen molar-refractivity contribution < 1.29 is 4.74 Å². The topological polar surface area (TPSA) is 39.1 Å². The van der Waals surface area contributed by atoms with Crippen LogP contribution in [-0.4, -0.2) is 16.7 Å². The van der Waals surface area contributed by atoms with E-state index >= 15 is 0 Å². The number of halogens is 1. The Morgan fingerprint density at radius 2 is 2.15 bits per heavy atom. The van der Waals surface area contributed by atoms with E-state index in [1.54, 1.807) is 13.2 Å². The van der Waals surface area contributed by atoms with Crippen molar-refractivity contribution in [2.75, 3.05) is 12.4 Å². The van der Waals surface area contributed by atoms with Gasteiger partial charge in [-0.25, -0.2) is 4.98 Å². The second kappa shape index (κ2) is 6.18. The molecule has 1 aromatic heterocycles. The fourth-order valence-electron chi connectivity index (χ4n) is 2.08. The van der Waals surface area contributed by atoms with Crippen LogP contribution in [-0.2, 0) is 6.54 Å². The van der Waals surface area contributed by atoms with E-state index in [0.717, 1.165) is 29.6 Å². The van der Waals surface area contributed by atoms with Gasteiger partial charge in [0.05, 0.1) is 18.5 Å². The van der Waals surface area contributed by atoms with Gasteiger partial charge in [-0.1, -0.05) is 25.4 Å². The Balaban J connectivity index is 2.32. The Morgan fingerprint density at radius 1 is 1.40 bits per heavy atom. The number of methoxy groups -OCH3 is 1. The normalized spacial score (nSPS) is 10.9. The zero-order valence-electron chi connectivity index (χ0n) is 12.3. The number of nitrogens with zero attached hydrogens (tertiary/aromatic N) is 2. The van der Waals surface area contributed by atoms with Gasteiger partial charge in [-0.05, 0) is 31.0 Å². The number of rotatable bonds is 5. The number of ether oxygens (including phenoxy) is 1. The van der Waals surface area contributed by atoms with Gasteiger partial charge in [0.1, 0.15) is 5.75 Å². The molecule has 0 unspecified atom stereocenters. The molecule has 0 spiro atoms. The van der Waals surface area contributed by atoms with Crippen molar-refractivity contribution in [2.45, 2.75) is 27.3 Å². The van der Waals surface area contributed by atoms with E-state index in [9.17, 15) is 0 Å². The van der Waals surface area contributed by atoms with Gasteiger partial charge in [0, 0.05) is 17.8 Å². The Kier molecular flexibility index (Phi) is 4.55. The molecule has 1 aromatic carbocycles. The highest BCUT2D eigenvalue weighted by Gasteiger charge is 2.10. The monoisotopic (exact) mass is 293 g/mol. The standard InChI is InChI=1S/C15H20ClN3O/c1-10(2)8-19-9-11(3)17-15(19)18-13-7-12(16)5-6-14(13)20-4/h5-7,9-10H,8H2,1-4H3,(H,17,18). The lowest BCUT2D eigenvalue weighted by atomic mass is 10.2. The maximum Gasteiger partial charge on any atom is 0.207 e. The van der Waals surface area contributed by atoms with E-state index in [1.165, 1.54) is 0 Å². The third kappa shape index (κ3) is 3.45. The van der Waals surface area contributed by atoms with Crippen molar-refractivity contribution in [1.29, 1.82) is 0 Å². The number of benzene rings is 1. The minimum atomic E-state index is 0.547. The van der Waals surface area contributed by atoms with Crippen molar-refractivity contribution in [3.05, 3.63) is 35.1 Å². The Hall–Kier alpha value is -1.68. The van der Waals surface area contributed by atoms with Crippen molar-refractivity contribution >= 4 is 23.2 Å². The summed E-state index contributed by atoms with van der Waals surface area (Å²) in [6, 6.07) is 5.48. The van der Waals surface area contributed by atoms with Gasteiger partial charge in [-0.3, -0.25) is 0 Å². The van der Waals surface area contributed by atoms with Crippen LogP contribution in [0.4, 0.5) is 11.6 Å². The molecular weight excluding hydrogens is 274 g/mol. The highest BCUT2D eigenvalue weighted by Crippen LogP contribution is 2.30. The third-order valence-corrected chi connectivity index (χ3v) is 3.10. The van der Waals surface area contributed by atoms with Crippen LogP contribution in [0.1, 0.15) is 19.5 Å². The number of nitrogens with one attached hydrogen (secondary N) is 1. The maximum absolute atomic E-state index is 6.05. The number of hydrogen-bond acceptors (Lipinski definition) is 3. The van der Waals surface area contributed by atoms with Crippen molar-refractivity contribution in [1.82, 2.24) is 9.55 Å². The summed E-state index contributed by atoms with van der Waals surface area (Å²) in [7, 11) is 1.64. The number of anilines is 2. The first-order chi connectivity index (χ1) is 9.49. The van der Waals surface area contributed by atoms with Crippen LogP contribution in [0.2, 0.25) is 5.02 Å². The minimum absolute atomic E-state index is 0.547. The van der Waals surface area contributed by atoms with E-state index in [2.05, 4.69) is 28.7 Å². The Labute approximate surface area is 124 Å². The average molecular weight is 294 g/mol. The van der Waals surface area contributed by atoms with Crippen LogP contribution < -0.4 is 10.1 Å². The molecule has 5 heteroatoms. The second-order valence-electron chi connectivity index (χ2n) is 5.22. The maximum atomic E-state index is 6.05. The number of imidazole rings is 1. The van der Waals surface area contributed by atoms with Gasteiger partial charge in [0.2, 0.25) is 5.95 Å². The Morgan fingerprint density at radius 3 is 2.80 bits per heavy atom. The molecule has 0 amide bonds. The summed E-state index contributed by atoms with van der Waals surface area (Å²) in [5, 5.41) is 3.96. The zero-order chi connectivity index (χ0) is 14.7. The largest absolute Gasteiger partial charge is 0.495 e. The van der Waals surface area contributed by atoms with Crippen molar-refractivity contribution in [3.63, 3.8) is 0 Å². The predicted molar refractivity (Wildman–Crippen MR) is 83.1 cm³/mol. The lowest BCUT2D eigenvalue weighted by Gasteiger charge is -2.14. The lowest BCUT2D eigenvalue weighted by molar-refractivity contribution is 0.416. The van der Waals surface area contributed by atoms with Gasteiger partial charge in [-0.15, -0.1) is 0 Å². The van der Waals surface area contributed by atoms with E-state index in [4.69, 9.17) is 16.3 Å². The smallest absolute Gasteiger partial charge is 0.207 e. The molecule has 1 N–H and O–H groups in total. The summed E-state index contributed by atoms with van der Waals surface area (Å²) in [5.41, 5.74) is 1.80. The highest BCUT2D eigenvalue weighted by molar-refractivity contribution is 6.30. The Bertz CT molecular complexity index is 593.